The van der Waals surface area contributed by atoms with Crippen LogP contribution in [-0.4, -0.2) is 68.8 Å². The van der Waals surface area contributed by atoms with Crippen molar-refractivity contribution in [2.24, 2.45) is 21.6 Å². The largest absolute Gasteiger partial charge is 0.489 e. The average molecular weight is 581 g/mol. The minimum Gasteiger partial charge on any atom is -0.489 e. The molecule has 1 aliphatic rings. The second kappa shape index (κ2) is 16.3. The zero-order valence-corrected chi connectivity index (χ0v) is 24.4. The van der Waals surface area contributed by atoms with Gasteiger partial charge in [0.25, 0.3) is 0 Å². The number of likely N-dealkylation sites (N-methyl/N-ethyl adjacent to an activating group) is 1. The van der Waals surface area contributed by atoms with Gasteiger partial charge >= 0.3 is 0 Å². The van der Waals surface area contributed by atoms with Crippen LogP contribution >= 0.6 is 11.6 Å². The molecule has 11 heteroatoms. The van der Waals surface area contributed by atoms with Crippen LogP contribution in [0.1, 0.15) is 19.0 Å². The Labute approximate surface area is 246 Å². The first-order valence-corrected chi connectivity index (χ1v) is 13.6. The van der Waals surface area contributed by atoms with E-state index in [1.54, 1.807) is 36.5 Å². The summed E-state index contributed by atoms with van der Waals surface area (Å²) in [4.78, 5) is 27.6. The SMILES string of the molecule is C=NC1=CC(OCCOCC)=C(NC(=O)/C=C/CN(C)C)CC1C(N)=Nc1ccc(OCc2ccccn2)c(Cl)c1. The van der Waals surface area contributed by atoms with Gasteiger partial charge in [0.05, 0.1) is 40.3 Å². The first kappa shape index (κ1) is 31.5. The number of allylic oxidation sites excluding steroid dienone is 2. The number of hydrogen-bond donors (Lipinski definition) is 2. The van der Waals surface area contributed by atoms with Crippen LogP contribution in [0.2, 0.25) is 5.02 Å². The number of ether oxygens (including phenoxy) is 3. The van der Waals surface area contributed by atoms with E-state index in [4.69, 9.17) is 31.5 Å². The zero-order valence-electron chi connectivity index (χ0n) is 23.7. The quantitative estimate of drug-likeness (QED) is 0.138. The van der Waals surface area contributed by atoms with Crippen LogP contribution in [0.3, 0.4) is 0 Å². The molecule has 0 spiro atoms. The number of benzene rings is 1. The van der Waals surface area contributed by atoms with E-state index in [1.807, 2.05) is 44.1 Å². The second-order valence-corrected chi connectivity index (χ2v) is 9.69. The molecule has 3 rings (SSSR count). The number of nitrogens with zero attached hydrogens (tertiary/aromatic N) is 4. The molecule has 10 nitrogen and oxygen atoms in total. The van der Waals surface area contributed by atoms with Crippen molar-refractivity contribution in [1.29, 1.82) is 0 Å². The van der Waals surface area contributed by atoms with Crippen LogP contribution in [0, 0.1) is 5.92 Å². The molecular formula is C30H37ClN6O4. The predicted octanol–water partition coefficient (Wildman–Crippen LogP) is 4.41. The van der Waals surface area contributed by atoms with Crippen molar-refractivity contribution in [2.75, 3.05) is 40.5 Å². The molecule has 1 atom stereocenters. The molecule has 41 heavy (non-hydrogen) atoms. The average Bonchev–Trinajstić information content (AvgIpc) is 2.95. The highest BCUT2D eigenvalue weighted by atomic mass is 35.5. The minimum atomic E-state index is -0.452. The number of aliphatic imine (C=N–C) groups is 2. The van der Waals surface area contributed by atoms with E-state index in [0.29, 0.717) is 66.4 Å². The molecule has 1 aromatic carbocycles. The number of amidine groups is 1. The van der Waals surface area contributed by atoms with Crippen LogP contribution in [0.5, 0.6) is 5.75 Å². The maximum atomic E-state index is 12.7. The minimum absolute atomic E-state index is 0.279. The smallest absolute Gasteiger partial charge is 0.247 e. The number of amides is 1. The number of hydrogen-bond acceptors (Lipinski definition) is 8. The summed E-state index contributed by atoms with van der Waals surface area (Å²) in [6.07, 6.45) is 6.99. The Morgan fingerprint density at radius 2 is 2.10 bits per heavy atom. The van der Waals surface area contributed by atoms with Gasteiger partial charge < -0.3 is 30.2 Å². The summed E-state index contributed by atoms with van der Waals surface area (Å²) in [5.74, 6) is 0.531. The standard InChI is InChI=1S/C30H37ClN6O4/c1-5-39-15-16-40-28-19-25(33-2)23(18-26(28)36-29(38)10-8-14-37(3)4)30(32)35-21-11-12-27(24(31)17-21)41-20-22-9-6-7-13-34-22/h6-13,17,19,23H,2,5,14-16,18,20H2,1,3-4H3,(H2,32,35)(H,36,38)/b10-8+. The fourth-order valence-corrected chi connectivity index (χ4v) is 4.07. The third-order valence-electron chi connectivity index (χ3n) is 5.86. The van der Waals surface area contributed by atoms with Gasteiger partial charge in [0, 0.05) is 37.9 Å². The Hall–Kier alpha value is -3.99. The lowest BCUT2D eigenvalue weighted by atomic mass is 9.92. The Balaban J connectivity index is 1.78. The number of aromatic nitrogens is 1. The molecule has 0 saturated carbocycles. The van der Waals surface area contributed by atoms with Crippen LogP contribution in [-0.2, 0) is 20.9 Å². The lowest BCUT2D eigenvalue weighted by Crippen LogP contribution is -2.33. The summed E-state index contributed by atoms with van der Waals surface area (Å²) in [7, 11) is 3.85. The maximum Gasteiger partial charge on any atom is 0.247 e. The van der Waals surface area contributed by atoms with Crippen LogP contribution in [0.4, 0.5) is 5.69 Å². The molecule has 0 saturated heterocycles. The van der Waals surface area contributed by atoms with Crippen molar-refractivity contribution < 1.29 is 19.0 Å². The first-order chi connectivity index (χ1) is 19.8. The van der Waals surface area contributed by atoms with Gasteiger partial charge in [-0.2, -0.15) is 0 Å². The molecule has 1 aliphatic carbocycles. The molecule has 0 radical (unpaired) electrons. The van der Waals surface area contributed by atoms with E-state index < -0.39 is 5.92 Å². The number of halogens is 1. The van der Waals surface area contributed by atoms with E-state index in [0.717, 1.165) is 5.69 Å². The Bertz CT molecular complexity index is 1310. The molecule has 1 amide bonds. The summed E-state index contributed by atoms with van der Waals surface area (Å²) in [5.41, 5.74) is 8.95. The number of carbonyl (C=O) groups is 1. The first-order valence-electron chi connectivity index (χ1n) is 13.2. The Kier molecular flexibility index (Phi) is 12.6. The molecule has 218 valence electrons. The number of nitrogens with one attached hydrogen (secondary N) is 1. The second-order valence-electron chi connectivity index (χ2n) is 9.29. The zero-order chi connectivity index (χ0) is 29.6. The van der Waals surface area contributed by atoms with E-state index >= 15 is 0 Å². The Morgan fingerprint density at radius 3 is 2.78 bits per heavy atom. The highest BCUT2D eigenvalue weighted by Crippen LogP contribution is 2.33. The monoisotopic (exact) mass is 580 g/mol. The lowest BCUT2D eigenvalue weighted by molar-refractivity contribution is -0.116. The van der Waals surface area contributed by atoms with Crippen molar-refractivity contribution in [3.05, 3.63) is 88.7 Å². The maximum absolute atomic E-state index is 12.7. The van der Waals surface area contributed by atoms with Gasteiger partial charge in [0.15, 0.2) is 0 Å². The summed E-state index contributed by atoms with van der Waals surface area (Å²) in [6.45, 7) is 7.82. The van der Waals surface area contributed by atoms with Crippen molar-refractivity contribution in [3.63, 3.8) is 0 Å². The van der Waals surface area contributed by atoms with Crippen LogP contribution in [0.25, 0.3) is 0 Å². The molecule has 1 aromatic heterocycles. The summed E-state index contributed by atoms with van der Waals surface area (Å²) in [6, 6.07) is 10.8. The van der Waals surface area contributed by atoms with Crippen molar-refractivity contribution >= 4 is 35.7 Å². The van der Waals surface area contributed by atoms with E-state index in [2.05, 4.69) is 27.0 Å². The van der Waals surface area contributed by atoms with Gasteiger partial charge in [0.2, 0.25) is 5.91 Å². The molecule has 2 aromatic rings. The van der Waals surface area contributed by atoms with Gasteiger partial charge in [-0.25, -0.2) is 4.99 Å². The van der Waals surface area contributed by atoms with Gasteiger partial charge in [-0.05, 0) is 58.1 Å². The number of carbonyl (C=O) groups excluding carboxylic acids is 1. The molecular weight excluding hydrogens is 544 g/mol. The summed E-state index contributed by atoms with van der Waals surface area (Å²) >= 11 is 6.47. The third kappa shape index (κ3) is 10.2. The molecule has 0 fully saturated rings. The van der Waals surface area contributed by atoms with Gasteiger partial charge in [0.1, 0.15) is 30.6 Å². The van der Waals surface area contributed by atoms with Crippen LogP contribution < -0.4 is 15.8 Å². The van der Waals surface area contributed by atoms with Crippen molar-refractivity contribution in [3.8, 4) is 5.75 Å². The molecule has 3 N–H and O–H groups in total. The molecule has 1 heterocycles. The third-order valence-corrected chi connectivity index (χ3v) is 6.16. The highest BCUT2D eigenvalue weighted by molar-refractivity contribution is 6.32. The van der Waals surface area contributed by atoms with Crippen LogP contribution in [0.15, 0.2) is 88.0 Å². The van der Waals surface area contributed by atoms with Gasteiger partial charge in [-0.3, -0.25) is 14.8 Å². The summed E-state index contributed by atoms with van der Waals surface area (Å²) in [5, 5.41) is 3.32. The number of rotatable bonds is 15. The molecule has 1 unspecified atom stereocenters. The van der Waals surface area contributed by atoms with E-state index in [9.17, 15) is 4.79 Å². The van der Waals surface area contributed by atoms with Crippen molar-refractivity contribution in [2.45, 2.75) is 20.0 Å². The van der Waals surface area contributed by atoms with E-state index in [1.165, 1.54) is 6.08 Å². The van der Waals surface area contributed by atoms with Gasteiger partial charge in [-0.15, -0.1) is 0 Å². The molecule has 0 aliphatic heterocycles. The topological polar surface area (TPSA) is 124 Å². The van der Waals surface area contributed by atoms with Crippen molar-refractivity contribution in [1.82, 2.24) is 15.2 Å². The normalized spacial score (nSPS) is 15.7. The lowest BCUT2D eigenvalue weighted by Gasteiger charge is -2.26. The highest BCUT2D eigenvalue weighted by Gasteiger charge is 2.28. The fraction of sp³-hybridized carbons (Fsp3) is 0.333. The predicted molar refractivity (Wildman–Crippen MR) is 162 cm³/mol. The van der Waals surface area contributed by atoms with Gasteiger partial charge in [-0.1, -0.05) is 23.7 Å². The molecule has 0 bridgehead atoms. The summed E-state index contributed by atoms with van der Waals surface area (Å²) < 4.78 is 17.1. The number of pyridine rings is 1. The Morgan fingerprint density at radius 1 is 1.27 bits per heavy atom. The number of nitrogens with two attached hydrogens (primary N) is 1. The fourth-order valence-electron chi connectivity index (χ4n) is 3.84. The van der Waals surface area contributed by atoms with E-state index in [-0.39, 0.29) is 18.3 Å².